The van der Waals surface area contributed by atoms with Crippen LogP contribution in [0.1, 0.15) is 46.4 Å². The molecule has 0 aliphatic heterocycles. The third-order valence-electron chi connectivity index (χ3n) is 6.08. The van der Waals surface area contributed by atoms with Gasteiger partial charge in [0.2, 0.25) is 0 Å². The minimum atomic E-state index is -4.47. The van der Waals surface area contributed by atoms with E-state index in [2.05, 4.69) is 9.97 Å². The summed E-state index contributed by atoms with van der Waals surface area (Å²) in [5, 5.41) is 10.7. The highest BCUT2D eigenvalue weighted by molar-refractivity contribution is 5.98. The van der Waals surface area contributed by atoms with Gasteiger partial charge in [-0.3, -0.25) is 9.78 Å². The highest BCUT2D eigenvalue weighted by Gasteiger charge is 2.31. The van der Waals surface area contributed by atoms with Gasteiger partial charge >= 0.3 is 6.18 Å². The Morgan fingerprint density at radius 3 is 2.64 bits per heavy atom. The first kappa shape index (κ1) is 23.0. The summed E-state index contributed by atoms with van der Waals surface area (Å²) >= 11 is 0. The Bertz CT molecular complexity index is 1160. The van der Waals surface area contributed by atoms with E-state index in [1.165, 1.54) is 6.07 Å². The summed E-state index contributed by atoms with van der Waals surface area (Å²) in [5.41, 5.74) is 7.32. The molecule has 0 radical (unpaired) electrons. The summed E-state index contributed by atoms with van der Waals surface area (Å²) in [6, 6.07) is 9.27. The molecule has 9 heteroatoms. The van der Waals surface area contributed by atoms with Crippen LogP contribution in [0.3, 0.4) is 0 Å². The van der Waals surface area contributed by atoms with Gasteiger partial charge in [0.05, 0.1) is 29.4 Å². The molecule has 1 saturated carbocycles. The molecule has 2 atom stereocenters. The molecule has 1 fully saturated rings. The maximum absolute atomic E-state index is 13.5. The number of anilines is 1. The van der Waals surface area contributed by atoms with Crippen molar-refractivity contribution in [2.45, 2.75) is 45.0 Å². The van der Waals surface area contributed by atoms with Crippen molar-refractivity contribution in [1.82, 2.24) is 14.9 Å². The predicted octanol–water partition coefficient (Wildman–Crippen LogP) is 4.34. The maximum atomic E-state index is 13.5. The highest BCUT2D eigenvalue weighted by Crippen LogP contribution is 2.30. The van der Waals surface area contributed by atoms with Crippen molar-refractivity contribution in [2.24, 2.45) is 5.92 Å². The number of nitrogens with zero attached hydrogens (tertiary/aromatic N) is 3. The van der Waals surface area contributed by atoms with Crippen molar-refractivity contribution in [3.8, 4) is 0 Å². The molecule has 3 N–H and O–H groups in total. The number of aryl methyl sites for hydroxylation is 1. The van der Waals surface area contributed by atoms with Gasteiger partial charge in [-0.15, -0.1) is 0 Å². The van der Waals surface area contributed by atoms with Crippen LogP contribution in [0.4, 0.5) is 19.0 Å². The molecule has 1 aliphatic rings. The van der Waals surface area contributed by atoms with Gasteiger partial charge in [0.1, 0.15) is 5.82 Å². The molecule has 3 aromatic rings. The summed E-state index contributed by atoms with van der Waals surface area (Å²) in [6.45, 7) is 2.29. The Labute approximate surface area is 189 Å². The number of aliphatic hydroxyl groups is 1. The van der Waals surface area contributed by atoms with Crippen LogP contribution in [0.2, 0.25) is 0 Å². The lowest BCUT2D eigenvalue weighted by Crippen LogP contribution is -2.35. The molecule has 2 aromatic heterocycles. The largest absolute Gasteiger partial charge is 0.417 e. The highest BCUT2D eigenvalue weighted by atomic mass is 19.4. The van der Waals surface area contributed by atoms with Gasteiger partial charge in [0.25, 0.3) is 5.91 Å². The second-order valence-electron chi connectivity index (χ2n) is 8.65. The van der Waals surface area contributed by atoms with Crippen LogP contribution in [0.5, 0.6) is 0 Å². The number of nitrogens with two attached hydrogens (primary N) is 1. The van der Waals surface area contributed by atoms with Gasteiger partial charge in [0.15, 0.2) is 0 Å². The third kappa shape index (κ3) is 5.24. The molecule has 1 amide bonds. The molecule has 174 valence electrons. The number of fused-ring (bicyclic) bond motifs is 1. The van der Waals surface area contributed by atoms with E-state index in [9.17, 15) is 23.1 Å². The fraction of sp³-hybridized carbons (Fsp3) is 0.375. The molecule has 2 heterocycles. The molecule has 6 nitrogen and oxygen atoms in total. The SMILES string of the molecule is Cc1cc2cc(C(=O)N(Cc3ccc(C(F)(F)F)cn3)CC3CCC(O)C3)ccc2nc1N. The molecule has 0 spiro atoms. The van der Waals surface area contributed by atoms with Crippen molar-refractivity contribution in [2.75, 3.05) is 12.3 Å². The number of hydrogen-bond donors (Lipinski definition) is 2. The van der Waals surface area contributed by atoms with Crippen LogP contribution in [0, 0.1) is 12.8 Å². The number of rotatable bonds is 5. The van der Waals surface area contributed by atoms with E-state index >= 15 is 0 Å². The lowest BCUT2D eigenvalue weighted by molar-refractivity contribution is -0.137. The van der Waals surface area contributed by atoms with Gasteiger partial charge in [-0.1, -0.05) is 0 Å². The van der Waals surface area contributed by atoms with Crippen LogP contribution < -0.4 is 5.73 Å². The van der Waals surface area contributed by atoms with Crippen molar-refractivity contribution in [3.63, 3.8) is 0 Å². The average Bonchev–Trinajstić information content (AvgIpc) is 3.17. The minimum Gasteiger partial charge on any atom is -0.393 e. The first-order chi connectivity index (χ1) is 15.6. The quantitative estimate of drug-likeness (QED) is 0.593. The number of carbonyl (C=O) groups excluding carboxylic acids is 1. The Balaban J connectivity index is 1.61. The number of aliphatic hydroxyl groups excluding tert-OH is 1. The van der Waals surface area contributed by atoms with E-state index in [1.807, 2.05) is 13.0 Å². The standard InChI is InChI=1S/C24H25F3N4O2/c1-14-8-17-10-16(3-7-21(17)30-22(14)28)23(33)31(12-15-2-6-20(32)9-15)13-19-5-4-18(11-29-19)24(25,26)27/h3-5,7-8,10-11,15,20,32H,2,6,9,12-13H2,1H3,(H2,28,30). The first-order valence-electron chi connectivity index (χ1n) is 10.8. The smallest absolute Gasteiger partial charge is 0.393 e. The third-order valence-corrected chi connectivity index (χ3v) is 6.08. The second-order valence-corrected chi connectivity index (χ2v) is 8.65. The number of halogens is 3. The average molecular weight is 458 g/mol. The number of amides is 1. The van der Waals surface area contributed by atoms with Gasteiger partial charge in [-0.25, -0.2) is 4.98 Å². The normalized spacial score (nSPS) is 18.6. The van der Waals surface area contributed by atoms with Crippen LogP contribution in [-0.4, -0.2) is 38.5 Å². The van der Waals surface area contributed by atoms with Crippen molar-refractivity contribution >= 4 is 22.6 Å². The topological polar surface area (TPSA) is 92.3 Å². The molecule has 0 saturated heterocycles. The lowest BCUT2D eigenvalue weighted by Gasteiger charge is -2.26. The summed E-state index contributed by atoms with van der Waals surface area (Å²) < 4.78 is 38.6. The fourth-order valence-electron chi connectivity index (χ4n) is 4.24. The van der Waals surface area contributed by atoms with Crippen LogP contribution in [0.15, 0.2) is 42.6 Å². The summed E-state index contributed by atoms with van der Waals surface area (Å²) in [4.78, 5) is 23.3. The Hall–Kier alpha value is -3.20. The zero-order valence-corrected chi connectivity index (χ0v) is 18.1. The van der Waals surface area contributed by atoms with Gasteiger partial charge < -0.3 is 15.7 Å². The number of hydrogen-bond acceptors (Lipinski definition) is 5. The van der Waals surface area contributed by atoms with E-state index in [0.29, 0.717) is 42.0 Å². The van der Waals surface area contributed by atoms with Gasteiger partial charge in [-0.05, 0) is 74.1 Å². The maximum Gasteiger partial charge on any atom is 0.417 e. The van der Waals surface area contributed by atoms with E-state index in [4.69, 9.17) is 5.73 Å². The van der Waals surface area contributed by atoms with Crippen LogP contribution in [0.25, 0.3) is 10.9 Å². The fourth-order valence-corrected chi connectivity index (χ4v) is 4.24. The minimum absolute atomic E-state index is 0.0701. The number of alkyl halides is 3. The molecule has 4 rings (SSSR count). The zero-order chi connectivity index (χ0) is 23.8. The monoisotopic (exact) mass is 458 g/mol. The Kier molecular flexibility index (Phi) is 6.25. The number of carbonyl (C=O) groups is 1. The number of pyridine rings is 2. The van der Waals surface area contributed by atoms with Crippen molar-refractivity contribution < 1.29 is 23.1 Å². The predicted molar refractivity (Wildman–Crippen MR) is 118 cm³/mol. The zero-order valence-electron chi connectivity index (χ0n) is 18.1. The van der Waals surface area contributed by atoms with Gasteiger partial charge in [0, 0.05) is 23.7 Å². The number of benzene rings is 1. The van der Waals surface area contributed by atoms with E-state index in [0.717, 1.165) is 29.6 Å². The second kappa shape index (κ2) is 8.97. The van der Waals surface area contributed by atoms with E-state index < -0.39 is 17.8 Å². The summed E-state index contributed by atoms with van der Waals surface area (Å²) in [6.07, 6.45) is -2.03. The first-order valence-corrected chi connectivity index (χ1v) is 10.8. The molecular formula is C24H25F3N4O2. The Morgan fingerprint density at radius 1 is 1.21 bits per heavy atom. The number of nitrogen functional groups attached to an aromatic ring is 1. The van der Waals surface area contributed by atoms with Crippen LogP contribution in [-0.2, 0) is 12.7 Å². The van der Waals surface area contributed by atoms with Crippen molar-refractivity contribution in [3.05, 3.63) is 65.0 Å². The Morgan fingerprint density at radius 2 is 2.00 bits per heavy atom. The van der Waals surface area contributed by atoms with Crippen LogP contribution >= 0.6 is 0 Å². The van der Waals surface area contributed by atoms with Gasteiger partial charge in [-0.2, -0.15) is 13.2 Å². The molecule has 1 aliphatic carbocycles. The van der Waals surface area contributed by atoms with E-state index in [1.54, 1.807) is 23.1 Å². The molecular weight excluding hydrogens is 433 g/mol. The summed E-state index contributed by atoms with van der Waals surface area (Å²) in [7, 11) is 0. The van der Waals surface area contributed by atoms with Crippen molar-refractivity contribution in [1.29, 1.82) is 0 Å². The lowest BCUT2D eigenvalue weighted by atomic mass is 10.0. The molecule has 1 aromatic carbocycles. The molecule has 2 unspecified atom stereocenters. The summed E-state index contributed by atoms with van der Waals surface area (Å²) in [5.74, 6) is 0.286. The van der Waals surface area contributed by atoms with E-state index in [-0.39, 0.29) is 18.4 Å². The molecule has 33 heavy (non-hydrogen) atoms. The number of aromatic nitrogens is 2. The molecule has 0 bridgehead atoms.